The summed E-state index contributed by atoms with van der Waals surface area (Å²) < 4.78 is 5.88. The van der Waals surface area contributed by atoms with Crippen LogP contribution < -0.4 is 10.1 Å². The number of nitrogens with zero attached hydrogens (tertiary/aromatic N) is 2. The number of aryl methyl sites for hydroxylation is 1. The summed E-state index contributed by atoms with van der Waals surface area (Å²) in [6.45, 7) is 3.55. The lowest BCUT2D eigenvalue weighted by Crippen LogP contribution is -2.39. The van der Waals surface area contributed by atoms with E-state index in [1.165, 1.54) is 0 Å². The number of hydrogen-bond acceptors (Lipinski definition) is 4. The molecule has 3 aromatic carbocycles. The summed E-state index contributed by atoms with van der Waals surface area (Å²) in [7, 11) is 0. The minimum Gasteiger partial charge on any atom is -0.481 e. The molecule has 0 radical (unpaired) electrons. The van der Waals surface area contributed by atoms with E-state index in [2.05, 4.69) is 32.6 Å². The molecule has 2 atom stereocenters. The first-order valence-corrected chi connectivity index (χ1v) is 10.2. The van der Waals surface area contributed by atoms with E-state index >= 15 is 0 Å². The third kappa shape index (κ3) is 4.98. The zero-order valence-electron chi connectivity index (χ0n) is 17.4. The lowest BCUT2D eigenvalue weighted by atomic mass is 10.1. The SMILES string of the molecule is Cc1nc(C(NC(=O)C(C)Oc2ccc(-c3ccccc3)cc2)c2ccccc2)n[nH]1. The Morgan fingerprint density at radius 3 is 2.13 bits per heavy atom. The van der Waals surface area contributed by atoms with Gasteiger partial charge in [0.1, 0.15) is 17.6 Å². The largest absolute Gasteiger partial charge is 0.481 e. The Balaban J connectivity index is 1.45. The number of carbonyl (C=O) groups excluding carboxylic acids is 1. The molecule has 0 aliphatic heterocycles. The molecule has 1 aromatic heterocycles. The van der Waals surface area contributed by atoms with Crippen LogP contribution in [0.15, 0.2) is 84.9 Å². The molecule has 0 spiro atoms. The van der Waals surface area contributed by atoms with Crippen molar-refractivity contribution in [3.8, 4) is 16.9 Å². The van der Waals surface area contributed by atoms with Crippen LogP contribution in [-0.2, 0) is 4.79 Å². The van der Waals surface area contributed by atoms with Crippen molar-refractivity contribution in [1.82, 2.24) is 20.5 Å². The average Bonchev–Trinajstić information content (AvgIpc) is 3.25. The lowest BCUT2D eigenvalue weighted by molar-refractivity contribution is -0.127. The van der Waals surface area contributed by atoms with Crippen molar-refractivity contribution < 1.29 is 9.53 Å². The van der Waals surface area contributed by atoms with Gasteiger partial charge in [-0.1, -0.05) is 72.8 Å². The normalized spacial score (nSPS) is 12.7. The predicted octanol–water partition coefficient (Wildman–Crippen LogP) is 4.45. The molecular weight excluding hydrogens is 388 g/mol. The van der Waals surface area contributed by atoms with Gasteiger partial charge in [-0.3, -0.25) is 9.89 Å². The van der Waals surface area contributed by atoms with Crippen LogP contribution in [0.5, 0.6) is 5.75 Å². The molecule has 156 valence electrons. The molecule has 31 heavy (non-hydrogen) atoms. The third-order valence-corrected chi connectivity index (χ3v) is 4.94. The summed E-state index contributed by atoms with van der Waals surface area (Å²) >= 11 is 0. The molecule has 1 heterocycles. The van der Waals surface area contributed by atoms with Crippen molar-refractivity contribution >= 4 is 5.91 Å². The fourth-order valence-corrected chi connectivity index (χ4v) is 3.31. The van der Waals surface area contributed by atoms with E-state index in [1.807, 2.05) is 79.7 Å². The molecular formula is C25H24N4O2. The molecule has 1 amide bonds. The summed E-state index contributed by atoms with van der Waals surface area (Å²) in [4.78, 5) is 17.3. The van der Waals surface area contributed by atoms with E-state index < -0.39 is 12.1 Å². The van der Waals surface area contributed by atoms with Crippen molar-refractivity contribution in [2.24, 2.45) is 0 Å². The first-order valence-electron chi connectivity index (χ1n) is 10.2. The van der Waals surface area contributed by atoms with E-state index in [4.69, 9.17) is 4.74 Å². The maximum Gasteiger partial charge on any atom is 0.261 e. The molecule has 0 fully saturated rings. The van der Waals surface area contributed by atoms with Crippen LogP contribution in [0.3, 0.4) is 0 Å². The number of aromatic nitrogens is 3. The summed E-state index contributed by atoms with van der Waals surface area (Å²) in [5.74, 6) is 1.58. The lowest BCUT2D eigenvalue weighted by Gasteiger charge is -2.20. The van der Waals surface area contributed by atoms with Gasteiger partial charge in [0, 0.05) is 0 Å². The number of ether oxygens (including phenoxy) is 1. The highest BCUT2D eigenvalue weighted by Gasteiger charge is 2.24. The van der Waals surface area contributed by atoms with Crippen molar-refractivity contribution in [3.63, 3.8) is 0 Å². The van der Waals surface area contributed by atoms with E-state index in [0.29, 0.717) is 17.4 Å². The second-order valence-corrected chi connectivity index (χ2v) is 7.28. The molecule has 0 aliphatic rings. The van der Waals surface area contributed by atoms with Crippen LogP contribution >= 0.6 is 0 Å². The van der Waals surface area contributed by atoms with Gasteiger partial charge in [-0.2, -0.15) is 5.10 Å². The van der Waals surface area contributed by atoms with Crippen LogP contribution in [0.25, 0.3) is 11.1 Å². The van der Waals surface area contributed by atoms with Crippen LogP contribution in [0.2, 0.25) is 0 Å². The highest BCUT2D eigenvalue weighted by atomic mass is 16.5. The van der Waals surface area contributed by atoms with Crippen molar-refractivity contribution in [3.05, 3.63) is 102 Å². The van der Waals surface area contributed by atoms with Gasteiger partial charge in [-0.15, -0.1) is 0 Å². The zero-order valence-corrected chi connectivity index (χ0v) is 17.4. The Hall–Kier alpha value is -3.93. The molecule has 6 nitrogen and oxygen atoms in total. The standard InChI is InChI=1S/C25H24N4O2/c1-17(31-22-15-13-20(14-16-22)19-9-5-3-6-10-19)25(30)27-23(21-11-7-4-8-12-21)24-26-18(2)28-29-24/h3-17,23H,1-2H3,(H,27,30)(H,26,28,29). The van der Waals surface area contributed by atoms with Gasteiger partial charge >= 0.3 is 0 Å². The molecule has 4 aromatic rings. The van der Waals surface area contributed by atoms with Crippen molar-refractivity contribution in [2.75, 3.05) is 0 Å². The van der Waals surface area contributed by atoms with Crippen LogP contribution in [0, 0.1) is 6.92 Å². The second kappa shape index (κ2) is 9.26. The number of benzene rings is 3. The molecule has 4 rings (SSSR count). The van der Waals surface area contributed by atoms with E-state index in [1.54, 1.807) is 6.92 Å². The first kappa shape index (κ1) is 20.3. The molecule has 2 unspecified atom stereocenters. The van der Waals surface area contributed by atoms with Crippen LogP contribution in [0.1, 0.15) is 30.2 Å². The Kier molecular flexibility index (Phi) is 6.08. The number of rotatable bonds is 7. The van der Waals surface area contributed by atoms with E-state index in [-0.39, 0.29) is 5.91 Å². The molecule has 0 bridgehead atoms. The predicted molar refractivity (Wildman–Crippen MR) is 120 cm³/mol. The number of amides is 1. The highest BCUT2D eigenvalue weighted by molar-refractivity contribution is 5.81. The minimum absolute atomic E-state index is 0.247. The molecule has 0 saturated carbocycles. The van der Waals surface area contributed by atoms with Gasteiger partial charge in [-0.25, -0.2) is 4.98 Å². The highest BCUT2D eigenvalue weighted by Crippen LogP contribution is 2.23. The van der Waals surface area contributed by atoms with E-state index in [9.17, 15) is 4.79 Å². The zero-order chi connectivity index (χ0) is 21.6. The van der Waals surface area contributed by atoms with Crippen LogP contribution in [0.4, 0.5) is 0 Å². The van der Waals surface area contributed by atoms with Gasteiger partial charge in [-0.05, 0) is 42.7 Å². The van der Waals surface area contributed by atoms with Gasteiger partial charge in [0.15, 0.2) is 11.9 Å². The maximum atomic E-state index is 12.9. The van der Waals surface area contributed by atoms with Gasteiger partial charge in [0.05, 0.1) is 0 Å². The van der Waals surface area contributed by atoms with E-state index in [0.717, 1.165) is 16.7 Å². The summed E-state index contributed by atoms with van der Waals surface area (Å²) in [5.41, 5.74) is 3.12. The molecule has 2 N–H and O–H groups in total. The van der Waals surface area contributed by atoms with Gasteiger partial charge < -0.3 is 10.1 Å². The van der Waals surface area contributed by atoms with Crippen LogP contribution in [-0.4, -0.2) is 27.2 Å². The fraction of sp³-hybridized carbons (Fsp3) is 0.160. The number of hydrogen-bond donors (Lipinski definition) is 2. The summed E-state index contributed by atoms with van der Waals surface area (Å²) in [6, 6.07) is 27.0. The Morgan fingerprint density at radius 2 is 1.52 bits per heavy atom. The third-order valence-electron chi connectivity index (χ3n) is 4.94. The molecule has 6 heteroatoms. The van der Waals surface area contributed by atoms with Gasteiger partial charge in [0.2, 0.25) is 0 Å². The summed E-state index contributed by atoms with van der Waals surface area (Å²) in [5, 5.41) is 10.1. The minimum atomic E-state index is -0.686. The molecule has 0 aliphatic carbocycles. The van der Waals surface area contributed by atoms with Crippen molar-refractivity contribution in [2.45, 2.75) is 26.0 Å². The monoisotopic (exact) mass is 412 g/mol. The first-order chi connectivity index (χ1) is 15.1. The smallest absolute Gasteiger partial charge is 0.261 e. The van der Waals surface area contributed by atoms with Crippen molar-refractivity contribution in [1.29, 1.82) is 0 Å². The Morgan fingerprint density at radius 1 is 0.903 bits per heavy atom. The Bertz CT molecular complexity index is 1130. The average molecular weight is 412 g/mol. The quantitative estimate of drug-likeness (QED) is 0.470. The number of H-pyrrole nitrogens is 1. The van der Waals surface area contributed by atoms with Gasteiger partial charge in [0.25, 0.3) is 5.91 Å². The number of carbonyl (C=O) groups is 1. The number of nitrogens with one attached hydrogen (secondary N) is 2. The fourth-order valence-electron chi connectivity index (χ4n) is 3.31. The molecule has 0 saturated heterocycles. The topological polar surface area (TPSA) is 79.9 Å². The summed E-state index contributed by atoms with van der Waals surface area (Å²) in [6.07, 6.45) is -0.686. The maximum absolute atomic E-state index is 12.9. The number of aromatic amines is 1. The second-order valence-electron chi connectivity index (χ2n) is 7.28. The Labute approximate surface area is 181 Å².